The van der Waals surface area contributed by atoms with Crippen LogP contribution in [-0.2, 0) is 15.1 Å². The number of aliphatic hydroxyl groups is 1. The number of rotatable bonds is 7. The number of hydrogen-bond acceptors (Lipinski definition) is 4. The van der Waals surface area contributed by atoms with Gasteiger partial charge >= 0.3 is 5.97 Å². The van der Waals surface area contributed by atoms with E-state index in [0.29, 0.717) is 16.7 Å². The number of carbonyl (C=O) groups excluding carboxylic acids is 2. The molecule has 0 aliphatic rings. The molecule has 2 N–H and O–H groups in total. The molecule has 2 atom stereocenters. The van der Waals surface area contributed by atoms with Gasteiger partial charge in [-0.3, -0.25) is 4.79 Å². The summed E-state index contributed by atoms with van der Waals surface area (Å²) >= 11 is 0. The van der Waals surface area contributed by atoms with Crippen LogP contribution in [0.3, 0.4) is 0 Å². The smallest absolute Gasteiger partial charge is 0.343 e. The number of ether oxygens (including phenoxy) is 1. The van der Waals surface area contributed by atoms with Crippen molar-refractivity contribution in [2.75, 3.05) is 13.7 Å². The lowest BCUT2D eigenvalue weighted by Gasteiger charge is -2.30. The molecule has 142 valence electrons. The highest BCUT2D eigenvalue weighted by atomic mass is 16.5. The van der Waals surface area contributed by atoms with E-state index < -0.39 is 17.5 Å². The minimum absolute atomic E-state index is 0.171. The van der Waals surface area contributed by atoms with Crippen LogP contribution in [0.15, 0.2) is 60.7 Å². The van der Waals surface area contributed by atoms with E-state index in [0.717, 1.165) is 0 Å². The van der Waals surface area contributed by atoms with Crippen molar-refractivity contribution in [1.82, 2.24) is 5.32 Å². The summed E-state index contributed by atoms with van der Waals surface area (Å²) in [6.45, 7) is 3.61. The van der Waals surface area contributed by atoms with Crippen molar-refractivity contribution >= 4 is 18.0 Å². The molecule has 27 heavy (non-hydrogen) atoms. The number of carbonyl (C=O) groups is 2. The van der Waals surface area contributed by atoms with Crippen LogP contribution in [0.1, 0.15) is 35.3 Å². The Morgan fingerprint density at radius 3 is 2.41 bits per heavy atom. The standard InChI is InChI=1S/C22H25NO4/c1-4-27-21(25)22(26,18-11-6-5-7-12-18)16(2)14-15-17-10-8-9-13-19(17)20(24)23-3/h5-16,26H,4H2,1-3H3,(H,23,24)/b15-14+/t16-,22+/m0/s1. The van der Waals surface area contributed by atoms with E-state index in [-0.39, 0.29) is 12.5 Å². The Hall–Kier alpha value is -2.92. The Kier molecular flexibility index (Phi) is 6.91. The summed E-state index contributed by atoms with van der Waals surface area (Å²) < 4.78 is 5.13. The van der Waals surface area contributed by atoms with Crippen LogP contribution in [0.5, 0.6) is 0 Å². The predicted molar refractivity (Wildman–Crippen MR) is 105 cm³/mol. The number of benzene rings is 2. The normalized spacial score (nSPS) is 14.4. The average Bonchev–Trinajstić information content (AvgIpc) is 2.71. The monoisotopic (exact) mass is 367 g/mol. The lowest BCUT2D eigenvalue weighted by atomic mass is 9.81. The topological polar surface area (TPSA) is 75.6 Å². The Morgan fingerprint density at radius 1 is 1.15 bits per heavy atom. The number of hydrogen-bond donors (Lipinski definition) is 2. The molecule has 2 aromatic rings. The summed E-state index contributed by atoms with van der Waals surface area (Å²) in [4.78, 5) is 24.6. The molecule has 0 aromatic heterocycles. The molecule has 0 aliphatic heterocycles. The average molecular weight is 367 g/mol. The molecule has 0 aliphatic carbocycles. The molecule has 0 radical (unpaired) electrons. The minimum atomic E-state index is -1.82. The van der Waals surface area contributed by atoms with Gasteiger partial charge in [0, 0.05) is 18.5 Å². The van der Waals surface area contributed by atoms with E-state index in [2.05, 4.69) is 5.32 Å². The highest BCUT2D eigenvalue weighted by Gasteiger charge is 2.43. The van der Waals surface area contributed by atoms with Crippen LogP contribution in [0, 0.1) is 5.92 Å². The summed E-state index contributed by atoms with van der Waals surface area (Å²) in [5, 5.41) is 13.9. The van der Waals surface area contributed by atoms with E-state index in [4.69, 9.17) is 4.74 Å². The van der Waals surface area contributed by atoms with Gasteiger partial charge in [-0.25, -0.2) is 4.79 Å². The Bertz CT molecular complexity index is 816. The number of amides is 1. The molecule has 2 rings (SSSR count). The third kappa shape index (κ3) is 4.44. The molecule has 0 saturated carbocycles. The first kappa shape index (κ1) is 20.4. The Labute approximate surface area is 159 Å². The van der Waals surface area contributed by atoms with Gasteiger partial charge in [-0.15, -0.1) is 0 Å². The lowest BCUT2D eigenvalue weighted by Crippen LogP contribution is -2.42. The van der Waals surface area contributed by atoms with Crippen LogP contribution < -0.4 is 5.32 Å². The van der Waals surface area contributed by atoms with Crippen LogP contribution in [-0.4, -0.2) is 30.6 Å². The zero-order valence-electron chi connectivity index (χ0n) is 15.8. The molecule has 0 spiro atoms. The van der Waals surface area contributed by atoms with E-state index >= 15 is 0 Å². The van der Waals surface area contributed by atoms with Gasteiger partial charge in [0.05, 0.1) is 6.61 Å². The van der Waals surface area contributed by atoms with Gasteiger partial charge in [0.15, 0.2) is 5.60 Å². The fraction of sp³-hybridized carbons (Fsp3) is 0.273. The van der Waals surface area contributed by atoms with Crippen LogP contribution in [0.25, 0.3) is 6.08 Å². The van der Waals surface area contributed by atoms with Crippen molar-refractivity contribution in [3.8, 4) is 0 Å². The second-order valence-corrected chi connectivity index (χ2v) is 6.17. The van der Waals surface area contributed by atoms with Crippen molar-refractivity contribution in [2.45, 2.75) is 19.4 Å². The maximum Gasteiger partial charge on any atom is 0.343 e. The Morgan fingerprint density at radius 2 is 1.78 bits per heavy atom. The van der Waals surface area contributed by atoms with E-state index in [1.165, 1.54) is 0 Å². The molecule has 1 amide bonds. The van der Waals surface area contributed by atoms with Crippen molar-refractivity contribution in [3.05, 3.63) is 77.4 Å². The molecular weight excluding hydrogens is 342 g/mol. The third-order valence-electron chi connectivity index (χ3n) is 4.46. The number of nitrogens with one attached hydrogen (secondary N) is 1. The lowest BCUT2D eigenvalue weighted by molar-refractivity contribution is -0.170. The van der Waals surface area contributed by atoms with Gasteiger partial charge in [-0.05, 0) is 24.1 Å². The summed E-state index contributed by atoms with van der Waals surface area (Å²) in [6.07, 6.45) is 3.45. The van der Waals surface area contributed by atoms with Gasteiger partial charge < -0.3 is 15.2 Å². The molecule has 0 heterocycles. The molecule has 0 unspecified atom stereocenters. The van der Waals surface area contributed by atoms with Crippen molar-refractivity contribution in [2.24, 2.45) is 5.92 Å². The maximum absolute atomic E-state index is 12.6. The molecule has 2 aromatic carbocycles. The Balaban J connectivity index is 2.40. The van der Waals surface area contributed by atoms with Gasteiger partial charge in [0.2, 0.25) is 0 Å². The summed E-state index contributed by atoms with van der Waals surface area (Å²) in [5.74, 6) is -1.49. The van der Waals surface area contributed by atoms with Crippen LogP contribution in [0.4, 0.5) is 0 Å². The SMILES string of the molecule is CCOC(=O)[C@](O)(c1ccccc1)[C@@H](C)/C=C/c1ccccc1C(=O)NC. The summed E-state index contributed by atoms with van der Waals surface area (Å²) in [5.41, 5.74) is -0.151. The molecular formula is C22H25NO4. The second kappa shape index (κ2) is 9.14. The fourth-order valence-corrected chi connectivity index (χ4v) is 2.87. The molecule has 0 saturated heterocycles. The fourth-order valence-electron chi connectivity index (χ4n) is 2.87. The molecule has 5 nitrogen and oxygen atoms in total. The third-order valence-corrected chi connectivity index (χ3v) is 4.46. The van der Waals surface area contributed by atoms with Crippen LogP contribution in [0.2, 0.25) is 0 Å². The largest absolute Gasteiger partial charge is 0.464 e. The van der Waals surface area contributed by atoms with Crippen molar-refractivity contribution in [3.63, 3.8) is 0 Å². The highest BCUT2D eigenvalue weighted by molar-refractivity contribution is 5.97. The van der Waals surface area contributed by atoms with E-state index in [1.54, 1.807) is 75.5 Å². The summed E-state index contributed by atoms with van der Waals surface area (Å²) in [7, 11) is 1.57. The van der Waals surface area contributed by atoms with Crippen molar-refractivity contribution < 1.29 is 19.4 Å². The molecule has 5 heteroatoms. The van der Waals surface area contributed by atoms with Gasteiger partial charge in [-0.1, -0.05) is 67.6 Å². The zero-order chi connectivity index (χ0) is 19.9. The van der Waals surface area contributed by atoms with Crippen molar-refractivity contribution in [1.29, 1.82) is 0 Å². The maximum atomic E-state index is 12.6. The molecule has 0 fully saturated rings. The zero-order valence-corrected chi connectivity index (χ0v) is 15.8. The minimum Gasteiger partial charge on any atom is -0.464 e. The second-order valence-electron chi connectivity index (χ2n) is 6.17. The van der Waals surface area contributed by atoms with E-state index in [1.807, 2.05) is 12.1 Å². The quantitative estimate of drug-likeness (QED) is 0.737. The number of esters is 1. The van der Waals surface area contributed by atoms with Crippen LogP contribution >= 0.6 is 0 Å². The predicted octanol–water partition coefficient (Wildman–Crippen LogP) is 3.15. The first-order valence-corrected chi connectivity index (χ1v) is 8.89. The van der Waals surface area contributed by atoms with Gasteiger partial charge in [-0.2, -0.15) is 0 Å². The first-order chi connectivity index (χ1) is 12.9. The van der Waals surface area contributed by atoms with E-state index in [9.17, 15) is 14.7 Å². The summed E-state index contributed by atoms with van der Waals surface area (Å²) in [6, 6.07) is 15.9. The first-order valence-electron chi connectivity index (χ1n) is 8.89. The van der Waals surface area contributed by atoms with Gasteiger partial charge in [0.1, 0.15) is 0 Å². The molecule has 0 bridgehead atoms. The van der Waals surface area contributed by atoms with Gasteiger partial charge in [0.25, 0.3) is 5.91 Å². The highest BCUT2D eigenvalue weighted by Crippen LogP contribution is 2.33.